The highest BCUT2D eigenvalue weighted by Gasteiger charge is 2.57. The molecular weight excluding hydrogens is 397 g/mol. The van der Waals surface area contributed by atoms with E-state index in [-0.39, 0.29) is 5.97 Å². The van der Waals surface area contributed by atoms with Crippen LogP contribution in [0.1, 0.15) is 23.1 Å². The molecule has 0 spiro atoms. The molecular formula is C19H14BrF3O2. The van der Waals surface area contributed by atoms with Crippen molar-refractivity contribution in [3.8, 4) is 0 Å². The molecule has 6 heteroatoms. The highest BCUT2D eigenvalue weighted by Crippen LogP contribution is 2.55. The third-order valence-corrected chi connectivity index (χ3v) is 4.86. The van der Waals surface area contributed by atoms with Crippen molar-refractivity contribution < 1.29 is 22.7 Å². The molecule has 2 aromatic carbocycles. The summed E-state index contributed by atoms with van der Waals surface area (Å²) in [5, 5.41) is 0. The van der Waals surface area contributed by atoms with Gasteiger partial charge in [-0.05, 0) is 47.4 Å². The van der Waals surface area contributed by atoms with Gasteiger partial charge in [0, 0.05) is 4.47 Å². The fourth-order valence-corrected chi connectivity index (χ4v) is 3.17. The van der Waals surface area contributed by atoms with Crippen molar-refractivity contribution in [1.82, 2.24) is 0 Å². The first kappa shape index (κ1) is 17.7. The summed E-state index contributed by atoms with van der Waals surface area (Å²) in [4.78, 5) is 12.3. The van der Waals surface area contributed by atoms with Gasteiger partial charge in [-0.2, -0.15) is 13.2 Å². The average molecular weight is 411 g/mol. The Morgan fingerprint density at radius 2 is 1.72 bits per heavy atom. The van der Waals surface area contributed by atoms with Gasteiger partial charge < -0.3 is 4.74 Å². The van der Waals surface area contributed by atoms with Crippen molar-refractivity contribution >= 4 is 28.0 Å². The highest BCUT2D eigenvalue weighted by molar-refractivity contribution is 9.10. The van der Waals surface area contributed by atoms with Gasteiger partial charge in [0.15, 0.2) is 0 Å². The van der Waals surface area contributed by atoms with Crippen molar-refractivity contribution in [3.05, 3.63) is 75.3 Å². The van der Waals surface area contributed by atoms with Gasteiger partial charge in [0.1, 0.15) is 5.41 Å². The highest BCUT2D eigenvalue weighted by atomic mass is 79.9. The Morgan fingerprint density at radius 1 is 1.12 bits per heavy atom. The molecule has 2 nitrogen and oxygen atoms in total. The van der Waals surface area contributed by atoms with Gasteiger partial charge in [0.25, 0.3) is 0 Å². The number of rotatable bonds is 3. The molecule has 130 valence electrons. The van der Waals surface area contributed by atoms with E-state index >= 15 is 0 Å². The van der Waals surface area contributed by atoms with E-state index in [0.29, 0.717) is 12.0 Å². The zero-order chi connectivity index (χ0) is 18.2. The molecule has 0 aliphatic heterocycles. The fraction of sp³-hybridized carbons (Fsp3) is 0.211. The third kappa shape index (κ3) is 3.35. The Bertz CT molecular complexity index is 823. The third-order valence-electron chi connectivity index (χ3n) is 4.33. The van der Waals surface area contributed by atoms with E-state index in [1.807, 2.05) is 24.3 Å². The van der Waals surface area contributed by atoms with Crippen LogP contribution in [-0.4, -0.2) is 13.1 Å². The van der Waals surface area contributed by atoms with Crippen LogP contribution in [0.4, 0.5) is 13.2 Å². The monoisotopic (exact) mass is 410 g/mol. The SMILES string of the molecule is COC(=O)[C@]1(c2ccc(Br)cc2)C/C1=C/c1ccc(C(F)(F)F)cc1. The van der Waals surface area contributed by atoms with Crippen LogP contribution in [0.2, 0.25) is 0 Å². The maximum Gasteiger partial charge on any atom is 0.416 e. The predicted molar refractivity (Wildman–Crippen MR) is 91.9 cm³/mol. The maximum absolute atomic E-state index is 12.6. The van der Waals surface area contributed by atoms with Gasteiger partial charge in [-0.25, -0.2) is 0 Å². The topological polar surface area (TPSA) is 26.3 Å². The predicted octanol–water partition coefficient (Wildman–Crippen LogP) is 5.37. The molecule has 25 heavy (non-hydrogen) atoms. The van der Waals surface area contributed by atoms with Crippen molar-refractivity contribution in [2.24, 2.45) is 0 Å². The van der Waals surface area contributed by atoms with Crippen molar-refractivity contribution in [1.29, 1.82) is 0 Å². The molecule has 1 fully saturated rings. The molecule has 0 heterocycles. The van der Waals surface area contributed by atoms with E-state index in [1.165, 1.54) is 19.2 Å². The summed E-state index contributed by atoms with van der Waals surface area (Å²) in [5.74, 6) is -0.368. The van der Waals surface area contributed by atoms with Gasteiger partial charge in [-0.3, -0.25) is 4.79 Å². The molecule has 0 bridgehead atoms. The fourth-order valence-electron chi connectivity index (χ4n) is 2.90. The lowest BCUT2D eigenvalue weighted by Crippen LogP contribution is -2.22. The van der Waals surface area contributed by atoms with Gasteiger partial charge in [-0.1, -0.05) is 46.3 Å². The minimum atomic E-state index is -4.36. The first-order chi connectivity index (χ1) is 11.8. The van der Waals surface area contributed by atoms with E-state index in [0.717, 1.165) is 27.7 Å². The number of esters is 1. The Kier molecular flexibility index (Phi) is 4.49. The second-order valence-corrected chi connectivity index (χ2v) is 6.79. The number of carbonyl (C=O) groups is 1. The second kappa shape index (κ2) is 6.33. The molecule has 1 saturated carbocycles. The van der Waals surface area contributed by atoms with Crippen LogP contribution in [0, 0.1) is 0 Å². The molecule has 1 aliphatic rings. The zero-order valence-corrected chi connectivity index (χ0v) is 14.8. The smallest absolute Gasteiger partial charge is 0.416 e. The Hall–Kier alpha value is -2.08. The molecule has 1 atom stereocenters. The van der Waals surface area contributed by atoms with Crippen LogP contribution >= 0.6 is 15.9 Å². The maximum atomic E-state index is 12.6. The van der Waals surface area contributed by atoms with Crippen LogP contribution < -0.4 is 0 Å². The number of methoxy groups -OCH3 is 1. The number of hydrogen-bond donors (Lipinski definition) is 0. The molecule has 0 unspecified atom stereocenters. The summed E-state index contributed by atoms with van der Waals surface area (Å²) in [6.45, 7) is 0. The normalized spacial score (nSPS) is 21.2. The van der Waals surface area contributed by atoms with Crippen LogP contribution in [0.25, 0.3) is 6.08 Å². The molecule has 0 saturated heterocycles. The lowest BCUT2D eigenvalue weighted by atomic mass is 9.94. The number of hydrogen-bond acceptors (Lipinski definition) is 2. The van der Waals surface area contributed by atoms with Crippen LogP contribution in [0.15, 0.2) is 58.6 Å². The molecule has 2 aromatic rings. The van der Waals surface area contributed by atoms with E-state index < -0.39 is 17.2 Å². The quantitative estimate of drug-likeness (QED) is 0.636. The standard InChI is InChI=1S/C19H14BrF3O2/c1-25-17(24)18(13-6-8-16(20)9-7-13)11-15(18)10-12-2-4-14(5-3-12)19(21,22)23/h2-10H,11H2,1H3/b15-10-/t18-/m0/s1. The summed E-state index contributed by atoms with van der Waals surface area (Å²) in [5.41, 5.74) is 0.698. The summed E-state index contributed by atoms with van der Waals surface area (Å²) in [7, 11) is 1.33. The number of halogens is 4. The van der Waals surface area contributed by atoms with Gasteiger partial charge in [0.05, 0.1) is 12.7 Å². The molecule has 0 aromatic heterocycles. The number of carbonyl (C=O) groups excluding carboxylic acids is 1. The summed E-state index contributed by atoms with van der Waals surface area (Å²) in [6.07, 6.45) is -2.13. The Labute approximate surface area is 151 Å². The second-order valence-electron chi connectivity index (χ2n) is 5.87. The van der Waals surface area contributed by atoms with Crippen LogP contribution in [-0.2, 0) is 21.1 Å². The van der Waals surface area contributed by atoms with Gasteiger partial charge >= 0.3 is 12.1 Å². The molecule has 1 aliphatic carbocycles. The first-order valence-corrected chi connectivity index (χ1v) is 8.29. The lowest BCUT2D eigenvalue weighted by Gasteiger charge is -2.13. The Balaban J connectivity index is 1.93. The molecule has 0 N–H and O–H groups in total. The van der Waals surface area contributed by atoms with E-state index in [9.17, 15) is 18.0 Å². The minimum Gasteiger partial charge on any atom is -0.468 e. The Morgan fingerprint density at radius 3 is 2.24 bits per heavy atom. The first-order valence-electron chi connectivity index (χ1n) is 7.50. The molecule has 3 rings (SSSR count). The van der Waals surface area contributed by atoms with Crippen molar-refractivity contribution in [2.75, 3.05) is 7.11 Å². The van der Waals surface area contributed by atoms with E-state index in [2.05, 4.69) is 15.9 Å². The van der Waals surface area contributed by atoms with Crippen LogP contribution in [0.5, 0.6) is 0 Å². The van der Waals surface area contributed by atoms with Crippen LogP contribution in [0.3, 0.4) is 0 Å². The van der Waals surface area contributed by atoms with Gasteiger partial charge in [0.2, 0.25) is 0 Å². The largest absolute Gasteiger partial charge is 0.468 e. The van der Waals surface area contributed by atoms with Gasteiger partial charge in [-0.15, -0.1) is 0 Å². The van der Waals surface area contributed by atoms with E-state index in [1.54, 1.807) is 6.08 Å². The van der Waals surface area contributed by atoms with E-state index in [4.69, 9.17) is 4.74 Å². The number of benzene rings is 2. The summed E-state index contributed by atoms with van der Waals surface area (Å²) >= 11 is 3.36. The number of alkyl halides is 3. The summed E-state index contributed by atoms with van der Waals surface area (Å²) in [6, 6.07) is 12.2. The lowest BCUT2D eigenvalue weighted by molar-refractivity contribution is -0.143. The minimum absolute atomic E-state index is 0.368. The average Bonchev–Trinajstić information content (AvgIpc) is 3.29. The van der Waals surface area contributed by atoms with Crippen molar-refractivity contribution in [2.45, 2.75) is 18.0 Å². The number of ether oxygens (including phenoxy) is 1. The zero-order valence-electron chi connectivity index (χ0n) is 13.2. The molecule has 0 amide bonds. The summed E-state index contributed by atoms with van der Waals surface area (Å²) < 4.78 is 43.8. The molecule has 0 radical (unpaired) electrons. The van der Waals surface area contributed by atoms with Crippen molar-refractivity contribution in [3.63, 3.8) is 0 Å².